The summed E-state index contributed by atoms with van der Waals surface area (Å²) in [6.45, 7) is 1.63. The van der Waals surface area contributed by atoms with Crippen LogP contribution in [0.3, 0.4) is 0 Å². The number of nitrogens with one attached hydrogen (secondary N) is 1. The minimum atomic E-state index is -0.229. The SMILES string of the molecule is CN(C)CCCn1cnc2c(c1=N)[C@@H](c1ccc(Cl)cc1)c1ccc(O)cc1O2. The minimum Gasteiger partial charge on any atom is -0.508 e. The Hall–Kier alpha value is -2.83. The Kier molecular flexibility index (Phi) is 5.30. The van der Waals surface area contributed by atoms with E-state index in [0.717, 1.165) is 29.7 Å². The van der Waals surface area contributed by atoms with E-state index in [4.69, 9.17) is 21.7 Å². The van der Waals surface area contributed by atoms with Gasteiger partial charge in [0.05, 0.1) is 5.56 Å². The van der Waals surface area contributed by atoms with Crippen molar-refractivity contribution in [1.29, 1.82) is 5.41 Å². The molecule has 4 rings (SSSR count). The summed E-state index contributed by atoms with van der Waals surface area (Å²) in [5, 5.41) is 19.4. The lowest BCUT2D eigenvalue weighted by atomic mass is 9.84. The molecule has 0 amide bonds. The van der Waals surface area contributed by atoms with Crippen molar-refractivity contribution >= 4 is 11.6 Å². The van der Waals surface area contributed by atoms with Gasteiger partial charge in [-0.15, -0.1) is 0 Å². The molecule has 0 bridgehead atoms. The van der Waals surface area contributed by atoms with E-state index in [2.05, 4.69) is 9.88 Å². The second kappa shape index (κ2) is 7.89. The molecule has 1 atom stereocenters. The third-order valence-corrected chi connectivity index (χ3v) is 5.35. The van der Waals surface area contributed by atoms with Crippen molar-refractivity contribution in [3.63, 3.8) is 0 Å². The maximum Gasteiger partial charge on any atom is 0.228 e. The maximum atomic E-state index is 9.91. The van der Waals surface area contributed by atoms with Gasteiger partial charge in [0.2, 0.25) is 5.88 Å². The van der Waals surface area contributed by atoms with E-state index in [0.29, 0.717) is 28.7 Å². The Balaban J connectivity index is 1.83. The number of fused-ring (bicyclic) bond motifs is 2. The number of hydrogen-bond acceptors (Lipinski definition) is 5. The number of aryl methyl sites for hydroxylation is 1. The average Bonchev–Trinajstić information content (AvgIpc) is 2.68. The Morgan fingerprint density at radius 1 is 1.21 bits per heavy atom. The summed E-state index contributed by atoms with van der Waals surface area (Å²) in [6.07, 6.45) is 2.57. The smallest absolute Gasteiger partial charge is 0.228 e. The van der Waals surface area contributed by atoms with Crippen LogP contribution in [0.1, 0.15) is 29.0 Å². The summed E-state index contributed by atoms with van der Waals surface area (Å²) in [4.78, 5) is 6.62. The van der Waals surface area contributed by atoms with Crippen LogP contribution in [0.2, 0.25) is 5.02 Å². The predicted octanol–water partition coefficient (Wildman–Crippen LogP) is 3.96. The Bertz CT molecular complexity index is 1090. The van der Waals surface area contributed by atoms with E-state index in [9.17, 15) is 5.11 Å². The highest BCUT2D eigenvalue weighted by atomic mass is 35.5. The van der Waals surface area contributed by atoms with E-state index in [1.165, 1.54) is 0 Å². The second-order valence-corrected chi connectivity index (χ2v) is 7.91. The molecule has 0 radical (unpaired) electrons. The van der Waals surface area contributed by atoms with E-state index < -0.39 is 0 Å². The van der Waals surface area contributed by atoms with Gasteiger partial charge in [-0.05, 0) is 50.8 Å². The summed E-state index contributed by atoms with van der Waals surface area (Å²) in [6, 6.07) is 12.7. The topological polar surface area (TPSA) is 74.4 Å². The van der Waals surface area contributed by atoms with Crippen LogP contribution in [-0.4, -0.2) is 40.2 Å². The van der Waals surface area contributed by atoms with Crippen molar-refractivity contribution < 1.29 is 9.84 Å². The number of phenols is 1. The van der Waals surface area contributed by atoms with Gasteiger partial charge in [-0.3, -0.25) is 5.41 Å². The number of aromatic hydroxyl groups is 1. The lowest BCUT2D eigenvalue weighted by molar-refractivity contribution is 0.378. The molecule has 3 aromatic rings. The zero-order chi connectivity index (χ0) is 20.5. The van der Waals surface area contributed by atoms with Crippen LogP contribution in [-0.2, 0) is 6.54 Å². The van der Waals surface area contributed by atoms with Gasteiger partial charge in [0, 0.05) is 29.1 Å². The van der Waals surface area contributed by atoms with E-state index in [1.807, 2.05) is 49.0 Å². The van der Waals surface area contributed by atoms with Crippen LogP contribution in [0, 0.1) is 5.41 Å². The maximum absolute atomic E-state index is 9.91. The van der Waals surface area contributed by atoms with Crippen LogP contribution < -0.4 is 10.2 Å². The minimum absolute atomic E-state index is 0.128. The zero-order valence-electron chi connectivity index (χ0n) is 16.4. The third kappa shape index (κ3) is 3.86. The standard InChI is InChI=1S/C22H23ClN4O2/c1-26(2)10-3-11-27-13-25-22-20(21(27)24)19(14-4-6-15(23)7-5-14)17-9-8-16(28)12-18(17)29-22/h4-9,12-13,19,24,28H,3,10-11H2,1-2H3/t19-/m0/s1. The molecule has 0 fully saturated rings. The number of aromatic nitrogens is 2. The van der Waals surface area contributed by atoms with E-state index in [-0.39, 0.29) is 11.7 Å². The lowest BCUT2D eigenvalue weighted by Gasteiger charge is -2.28. The quantitative estimate of drug-likeness (QED) is 0.522. The zero-order valence-corrected chi connectivity index (χ0v) is 17.1. The van der Waals surface area contributed by atoms with Crippen molar-refractivity contribution in [2.75, 3.05) is 20.6 Å². The van der Waals surface area contributed by atoms with E-state index in [1.54, 1.807) is 18.5 Å². The summed E-state index contributed by atoms with van der Waals surface area (Å²) in [5.74, 6) is 0.849. The largest absolute Gasteiger partial charge is 0.508 e. The fourth-order valence-corrected chi connectivity index (χ4v) is 3.81. The van der Waals surface area contributed by atoms with Crippen LogP contribution in [0.4, 0.5) is 0 Å². The molecule has 1 aliphatic heterocycles. The van der Waals surface area contributed by atoms with Crippen LogP contribution in [0.25, 0.3) is 0 Å². The summed E-state index contributed by atoms with van der Waals surface area (Å²) < 4.78 is 7.83. The Labute approximate surface area is 174 Å². The first kappa shape index (κ1) is 19.5. The average molecular weight is 411 g/mol. The molecule has 0 unspecified atom stereocenters. The summed E-state index contributed by atoms with van der Waals surface area (Å²) in [7, 11) is 4.07. The molecule has 1 aliphatic rings. The van der Waals surface area contributed by atoms with Gasteiger partial charge >= 0.3 is 0 Å². The Morgan fingerprint density at radius 2 is 1.97 bits per heavy atom. The monoisotopic (exact) mass is 410 g/mol. The number of rotatable bonds is 5. The first-order valence-corrected chi connectivity index (χ1v) is 9.86. The van der Waals surface area contributed by atoms with Gasteiger partial charge in [0.25, 0.3) is 0 Å². The van der Waals surface area contributed by atoms with Crippen LogP contribution in [0.5, 0.6) is 17.4 Å². The van der Waals surface area contributed by atoms with Crippen molar-refractivity contribution in [2.24, 2.45) is 0 Å². The molecular weight excluding hydrogens is 388 g/mol. The highest BCUT2D eigenvalue weighted by Crippen LogP contribution is 2.46. The molecule has 2 aromatic carbocycles. The first-order chi connectivity index (χ1) is 13.9. The lowest BCUT2D eigenvalue weighted by Crippen LogP contribution is -2.30. The number of benzene rings is 2. The fourth-order valence-electron chi connectivity index (χ4n) is 3.68. The van der Waals surface area contributed by atoms with Gasteiger partial charge in [0.1, 0.15) is 23.3 Å². The van der Waals surface area contributed by atoms with Crippen LogP contribution in [0.15, 0.2) is 48.8 Å². The van der Waals surface area contributed by atoms with Gasteiger partial charge in [0.15, 0.2) is 0 Å². The third-order valence-electron chi connectivity index (χ3n) is 5.10. The second-order valence-electron chi connectivity index (χ2n) is 7.47. The molecule has 150 valence electrons. The number of ether oxygens (including phenoxy) is 1. The van der Waals surface area contributed by atoms with Gasteiger partial charge < -0.3 is 19.3 Å². The predicted molar refractivity (Wildman–Crippen MR) is 112 cm³/mol. The van der Waals surface area contributed by atoms with Crippen molar-refractivity contribution in [3.8, 4) is 17.4 Å². The highest BCUT2D eigenvalue weighted by Gasteiger charge is 2.32. The molecular formula is C22H23ClN4O2. The fraction of sp³-hybridized carbons (Fsp3) is 0.273. The molecule has 7 heteroatoms. The summed E-state index contributed by atoms with van der Waals surface area (Å²) >= 11 is 6.10. The number of phenolic OH excluding ortho intramolecular Hbond substituents is 1. The molecule has 0 spiro atoms. The van der Waals surface area contributed by atoms with Gasteiger partial charge in [-0.1, -0.05) is 29.8 Å². The van der Waals surface area contributed by atoms with Crippen molar-refractivity contribution in [2.45, 2.75) is 18.9 Å². The molecule has 2 heterocycles. The molecule has 2 N–H and O–H groups in total. The highest BCUT2D eigenvalue weighted by molar-refractivity contribution is 6.30. The van der Waals surface area contributed by atoms with Gasteiger partial charge in [-0.25, -0.2) is 4.98 Å². The molecule has 0 aliphatic carbocycles. The molecule has 0 saturated carbocycles. The molecule has 1 aromatic heterocycles. The number of hydrogen-bond donors (Lipinski definition) is 2. The molecule has 6 nitrogen and oxygen atoms in total. The van der Waals surface area contributed by atoms with E-state index >= 15 is 0 Å². The molecule has 29 heavy (non-hydrogen) atoms. The molecule has 0 saturated heterocycles. The summed E-state index contributed by atoms with van der Waals surface area (Å²) in [5.41, 5.74) is 2.98. The first-order valence-electron chi connectivity index (χ1n) is 9.49. The number of nitrogens with zero attached hydrogens (tertiary/aromatic N) is 3. The van der Waals surface area contributed by atoms with Crippen molar-refractivity contribution in [1.82, 2.24) is 14.5 Å². The van der Waals surface area contributed by atoms with Crippen molar-refractivity contribution in [3.05, 3.63) is 76.0 Å². The van der Waals surface area contributed by atoms with Crippen LogP contribution >= 0.6 is 11.6 Å². The normalized spacial score (nSPS) is 15.0. The van der Waals surface area contributed by atoms with Gasteiger partial charge in [-0.2, -0.15) is 0 Å². The number of halogens is 1. The Morgan fingerprint density at radius 3 is 2.69 bits per heavy atom.